The second-order valence-corrected chi connectivity index (χ2v) is 6.90. The summed E-state index contributed by atoms with van der Waals surface area (Å²) in [6.07, 6.45) is 3.09. The molecule has 0 radical (unpaired) electrons. The topological polar surface area (TPSA) is 98.2 Å². The SMILES string of the molecule is CC(=O)c1c(C)nc(-c2ccco2)nc1SCC(=O)N[C@@H](C)c1ccco1. The molecule has 7 nitrogen and oxygen atoms in total. The fourth-order valence-corrected chi connectivity index (χ4v) is 3.54. The number of carbonyl (C=O) groups is 2. The highest BCUT2D eigenvalue weighted by Crippen LogP contribution is 2.27. The lowest BCUT2D eigenvalue weighted by Gasteiger charge is -2.13. The van der Waals surface area contributed by atoms with Gasteiger partial charge in [0.25, 0.3) is 0 Å². The van der Waals surface area contributed by atoms with E-state index in [2.05, 4.69) is 15.3 Å². The number of hydrogen-bond acceptors (Lipinski definition) is 7. The highest BCUT2D eigenvalue weighted by atomic mass is 32.2. The van der Waals surface area contributed by atoms with Crippen molar-refractivity contribution in [3.8, 4) is 11.6 Å². The Labute approximate surface area is 160 Å². The van der Waals surface area contributed by atoms with Crippen molar-refractivity contribution >= 4 is 23.5 Å². The molecule has 27 heavy (non-hydrogen) atoms. The van der Waals surface area contributed by atoms with Crippen LogP contribution in [0.25, 0.3) is 11.6 Å². The second kappa shape index (κ2) is 8.22. The van der Waals surface area contributed by atoms with Crippen molar-refractivity contribution in [1.82, 2.24) is 15.3 Å². The quantitative estimate of drug-likeness (QED) is 0.375. The molecule has 0 spiro atoms. The minimum absolute atomic E-state index is 0.110. The number of hydrogen-bond donors (Lipinski definition) is 1. The van der Waals surface area contributed by atoms with Crippen LogP contribution in [0.5, 0.6) is 0 Å². The average Bonchev–Trinajstić information content (AvgIpc) is 3.32. The van der Waals surface area contributed by atoms with E-state index in [9.17, 15) is 9.59 Å². The molecule has 3 aromatic rings. The molecule has 3 aromatic heterocycles. The van der Waals surface area contributed by atoms with Gasteiger partial charge in [0.1, 0.15) is 10.8 Å². The van der Waals surface area contributed by atoms with Gasteiger partial charge >= 0.3 is 0 Å². The van der Waals surface area contributed by atoms with Gasteiger partial charge in [0, 0.05) is 0 Å². The van der Waals surface area contributed by atoms with Crippen LogP contribution < -0.4 is 5.32 Å². The van der Waals surface area contributed by atoms with E-state index < -0.39 is 0 Å². The highest BCUT2D eigenvalue weighted by Gasteiger charge is 2.19. The van der Waals surface area contributed by atoms with Crippen LogP contribution in [0.15, 0.2) is 50.7 Å². The van der Waals surface area contributed by atoms with Crippen molar-refractivity contribution in [3.05, 3.63) is 53.8 Å². The summed E-state index contributed by atoms with van der Waals surface area (Å²) in [7, 11) is 0. The zero-order valence-electron chi connectivity index (χ0n) is 15.2. The number of nitrogens with zero attached hydrogens (tertiary/aromatic N) is 2. The zero-order chi connectivity index (χ0) is 19.4. The summed E-state index contributed by atoms with van der Waals surface area (Å²) in [5, 5.41) is 3.32. The third-order valence-corrected chi connectivity index (χ3v) is 4.81. The van der Waals surface area contributed by atoms with E-state index >= 15 is 0 Å². The normalized spacial score (nSPS) is 12.0. The van der Waals surface area contributed by atoms with Crippen LogP contribution in [0.3, 0.4) is 0 Å². The molecule has 0 unspecified atom stereocenters. The Morgan fingerprint density at radius 1 is 1.19 bits per heavy atom. The molecule has 8 heteroatoms. The van der Waals surface area contributed by atoms with E-state index in [4.69, 9.17) is 8.83 Å². The van der Waals surface area contributed by atoms with Crippen molar-refractivity contribution in [2.45, 2.75) is 31.8 Å². The average molecular weight is 385 g/mol. The van der Waals surface area contributed by atoms with Gasteiger partial charge in [0.15, 0.2) is 17.4 Å². The van der Waals surface area contributed by atoms with E-state index in [0.29, 0.717) is 33.6 Å². The fourth-order valence-electron chi connectivity index (χ4n) is 2.60. The molecule has 1 N–H and O–H groups in total. The third-order valence-electron chi connectivity index (χ3n) is 3.84. The van der Waals surface area contributed by atoms with Crippen molar-refractivity contribution in [2.75, 3.05) is 5.75 Å². The Bertz CT molecular complexity index is 936. The van der Waals surface area contributed by atoms with Gasteiger partial charge in [-0.2, -0.15) is 0 Å². The van der Waals surface area contributed by atoms with E-state index in [1.54, 1.807) is 37.5 Å². The van der Waals surface area contributed by atoms with Crippen LogP contribution in [-0.2, 0) is 4.79 Å². The largest absolute Gasteiger partial charge is 0.467 e. The summed E-state index contributed by atoms with van der Waals surface area (Å²) in [5.41, 5.74) is 0.970. The van der Waals surface area contributed by atoms with Crippen LogP contribution in [0, 0.1) is 6.92 Å². The lowest BCUT2D eigenvalue weighted by Crippen LogP contribution is -2.28. The monoisotopic (exact) mass is 385 g/mol. The summed E-state index contributed by atoms with van der Waals surface area (Å²) in [5.74, 6) is 1.34. The van der Waals surface area contributed by atoms with Gasteiger partial charge in [0.05, 0.1) is 35.6 Å². The molecule has 3 heterocycles. The number of Topliss-reactive ketones (excluding diaryl/α,β-unsaturated/α-hetero) is 1. The number of ketones is 1. The first kappa shape index (κ1) is 18.9. The van der Waals surface area contributed by atoms with Crippen molar-refractivity contribution < 1.29 is 18.4 Å². The van der Waals surface area contributed by atoms with Gasteiger partial charge in [0.2, 0.25) is 5.91 Å². The fraction of sp³-hybridized carbons (Fsp3) is 0.263. The lowest BCUT2D eigenvalue weighted by atomic mass is 10.2. The number of amides is 1. The number of aromatic nitrogens is 2. The maximum atomic E-state index is 12.3. The van der Waals surface area contributed by atoms with E-state index in [-0.39, 0.29) is 23.5 Å². The lowest BCUT2D eigenvalue weighted by molar-refractivity contribution is -0.119. The molecule has 0 saturated heterocycles. The first-order valence-corrected chi connectivity index (χ1v) is 9.33. The molecule has 3 rings (SSSR count). The summed E-state index contributed by atoms with van der Waals surface area (Å²) < 4.78 is 10.6. The zero-order valence-corrected chi connectivity index (χ0v) is 16.0. The first-order chi connectivity index (χ1) is 13.0. The summed E-state index contributed by atoms with van der Waals surface area (Å²) in [6, 6.07) is 6.81. The van der Waals surface area contributed by atoms with Crippen LogP contribution in [0.2, 0.25) is 0 Å². The molecule has 0 aliphatic heterocycles. The van der Waals surface area contributed by atoms with Crippen molar-refractivity contribution in [1.29, 1.82) is 0 Å². The van der Waals surface area contributed by atoms with Gasteiger partial charge in [-0.05, 0) is 45.0 Å². The van der Waals surface area contributed by atoms with Crippen LogP contribution in [0.4, 0.5) is 0 Å². The Morgan fingerprint density at radius 2 is 1.93 bits per heavy atom. The second-order valence-electron chi connectivity index (χ2n) is 5.94. The van der Waals surface area contributed by atoms with E-state index in [1.165, 1.54) is 24.9 Å². The van der Waals surface area contributed by atoms with E-state index in [0.717, 1.165) is 0 Å². The number of carbonyl (C=O) groups excluding carboxylic acids is 2. The maximum absolute atomic E-state index is 12.3. The summed E-state index contributed by atoms with van der Waals surface area (Å²) >= 11 is 1.19. The number of nitrogens with one attached hydrogen (secondary N) is 1. The maximum Gasteiger partial charge on any atom is 0.230 e. The van der Waals surface area contributed by atoms with Crippen LogP contribution in [0.1, 0.15) is 41.7 Å². The summed E-state index contributed by atoms with van der Waals surface area (Å²) in [4.78, 5) is 33.1. The molecule has 0 bridgehead atoms. The van der Waals surface area contributed by atoms with Crippen molar-refractivity contribution in [2.24, 2.45) is 0 Å². The molecule has 1 amide bonds. The minimum atomic E-state index is -0.244. The molecule has 0 saturated carbocycles. The van der Waals surface area contributed by atoms with Gasteiger partial charge in [-0.15, -0.1) is 0 Å². The molecule has 0 fully saturated rings. The molecule has 140 valence electrons. The standard InChI is InChI=1S/C19H19N3O4S/c1-11(14-6-4-8-25-14)20-16(24)10-27-19-17(13(3)23)12(2)21-18(22-19)15-7-5-9-26-15/h4-9,11H,10H2,1-3H3,(H,20,24)/t11-/m0/s1. The Morgan fingerprint density at radius 3 is 2.56 bits per heavy atom. The van der Waals surface area contributed by atoms with Crippen LogP contribution in [-0.4, -0.2) is 27.4 Å². The Balaban J connectivity index is 1.76. The molecule has 1 atom stereocenters. The summed E-state index contributed by atoms with van der Waals surface area (Å²) in [6.45, 7) is 5.04. The molecular formula is C19H19N3O4S. The van der Waals surface area contributed by atoms with Gasteiger partial charge in [-0.25, -0.2) is 9.97 Å². The minimum Gasteiger partial charge on any atom is -0.467 e. The van der Waals surface area contributed by atoms with Gasteiger partial charge in [-0.1, -0.05) is 11.8 Å². The number of rotatable bonds is 7. The Kier molecular flexibility index (Phi) is 5.75. The van der Waals surface area contributed by atoms with Crippen molar-refractivity contribution in [3.63, 3.8) is 0 Å². The molecular weight excluding hydrogens is 366 g/mol. The first-order valence-electron chi connectivity index (χ1n) is 8.34. The smallest absolute Gasteiger partial charge is 0.230 e. The molecule has 0 aromatic carbocycles. The molecule has 0 aliphatic carbocycles. The van der Waals surface area contributed by atoms with Crippen LogP contribution >= 0.6 is 11.8 Å². The number of furan rings is 2. The number of thioether (sulfide) groups is 1. The van der Waals surface area contributed by atoms with Gasteiger partial charge in [-0.3, -0.25) is 9.59 Å². The Hall–Kier alpha value is -2.87. The molecule has 0 aliphatic rings. The van der Waals surface area contributed by atoms with Gasteiger partial charge < -0.3 is 14.2 Å². The third kappa shape index (κ3) is 4.46. The van der Waals surface area contributed by atoms with E-state index in [1.807, 2.05) is 6.92 Å². The predicted molar refractivity (Wildman–Crippen MR) is 100 cm³/mol. The highest BCUT2D eigenvalue weighted by molar-refractivity contribution is 8.00. The number of aryl methyl sites for hydroxylation is 1. The predicted octanol–water partition coefficient (Wildman–Crippen LogP) is 3.81.